The number of nitrogens with zero attached hydrogens (tertiary/aromatic N) is 2. The summed E-state index contributed by atoms with van der Waals surface area (Å²) in [7, 11) is 2.12. The highest BCUT2D eigenvalue weighted by Crippen LogP contribution is 2.21. The van der Waals surface area contributed by atoms with Gasteiger partial charge in [0.15, 0.2) is 0 Å². The van der Waals surface area contributed by atoms with Gasteiger partial charge >= 0.3 is 5.97 Å². The number of likely N-dealkylation sites (tertiary alicyclic amines) is 1. The van der Waals surface area contributed by atoms with Crippen LogP contribution >= 0.6 is 11.6 Å². The first kappa shape index (κ1) is 14.1. The van der Waals surface area contributed by atoms with Crippen molar-refractivity contribution in [2.45, 2.75) is 25.3 Å². The van der Waals surface area contributed by atoms with Crippen molar-refractivity contribution in [3.05, 3.63) is 22.8 Å². The van der Waals surface area contributed by atoms with E-state index >= 15 is 0 Å². The van der Waals surface area contributed by atoms with Gasteiger partial charge in [-0.25, -0.2) is 9.78 Å². The fourth-order valence-corrected chi connectivity index (χ4v) is 2.53. The highest BCUT2D eigenvalue weighted by atomic mass is 35.5. The van der Waals surface area contributed by atoms with Crippen LogP contribution in [-0.4, -0.2) is 47.1 Å². The van der Waals surface area contributed by atoms with Crippen LogP contribution in [0.3, 0.4) is 0 Å². The molecular weight excluding hydrogens is 266 g/mol. The Morgan fingerprint density at radius 2 is 2.42 bits per heavy atom. The number of carboxylic acid groups (broad SMARTS) is 1. The number of pyridine rings is 1. The molecule has 1 aliphatic rings. The maximum absolute atomic E-state index is 10.8. The van der Waals surface area contributed by atoms with Gasteiger partial charge in [0.05, 0.1) is 10.6 Å². The number of likely N-dealkylation sites (N-methyl/N-ethyl adjacent to an activating group) is 1. The topological polar surface area (TPSA) is 65.5 Å². The smallest absolute Gasteiger partial charge is 0.337 e. The second-order valence-electron chi connectivity index (χ2n) is 4.87. The number of anilines is 1. The zero-order valence-corrected chi connectivity index (χ0v) is 11.7. The van der Waals surface area contributed by atoms with E-state index in [1.165, 1.54) is 25.1 Å². The first-order chi connectivity index (χ1) is 9.08. The summed E-state index contributed by atoms with van der Waals surface area (Å²) in [5.41, 5.74) is 0.102. The third kappa shape index (κ3) is 3.58. The molecule has 2 N–H and O–H groups in total. The van der Waals surface area contributed by atoms with E-state index in [-0.39, 0.29) is 5.56 Å². The Bertz CT molecular complexity index is 467. The van der Waals surface area contributed by atoms with Crippen LogP contribution < -0.4 is 5.32 Å². The summed E-state index contributed by atoms with van der Waals surface area (Å²) in [4.78, 5) is 17.2. The lowest BCUT2D eigenvalue weighted by Crippen LogP contribution is -2.40. The third-order valence-corrected chi connectivity index (χ3v) is 3.80. The molecule has 104 valence electrons. The lowest BCUT2D eigenvalue weighted by molar-refractivity contribution is 0.0696. The largest absolute Gasteiger partial charge is 0.478 e. The lowest BCUT2D eigenvalue weighted by atomic mass is 10.0. The molecular formula is C13H18ClN3O2. The average molecular weight is 284 g/mol. The molecule has 1 unspecified atom stereocenters. The van der Waals surface area contributed by atoms with Gasteiger partial charge in [0.2, 0.25) is 0 Å². The van der Waals surface area contributed by atoms with Gasteiger partial charge in [-0.15, -0.1) is 0 Å². The number of piperidine rings is 1. The van der Waals surface area contributed by atoms with Gasteiger partial charge in [-0.2, -0.15) is 0 Å². The van der Waals surface area contributed by atoms with Gasteiger partial charge in [-0.05, 0) is 32.5 Å². The molecule has 0 spiro atoms. The predicted molar refractivity (Wildman–Crippen MR) is 75.0 cm³/mol. The van der Waals surface area contributed by atoms with Crippen molar-refractivity contribution in [3.8, 4) is 0 Å². The third-order valence-electron chi connectivity index (χ3n) is 3.51. The first-order valence-corrected chi connectivity index (χ1v) is 6.78. The van der Waals surface area contributed by atoms with Crippen LogP contribution in [-0.2, 0) is 0 Å². The van der Waals surface area contributed by atoms with Gasteiger partial charge in [0.25, 0.3) is 0 Å². The summed E-state index contributed by atoms with van der Waals surface area (Å²) in [5.74, 6) is -0.474. The second-order valence-corrected chi connectivity index (χ2v) is 5.28. The maximum Gasteiger partial charge on any atom is 0.337 e. The number of nitrogens with one attached hydrogen (secondary N) is 1. The monoisotopic (exact) mass is 283 g/mol. The summed E-state index contributed by atoms with van der Waals surface area (Å²) < 4.78 is 0. The molecule has 6 heteroatoms. The van der Waals surface area contributed by atoms with Gasteiger partial charge in [-0.3, -0.25) is 0 Å². The molecule has 2 heterocycles. The Morgan fingerprint density at radius 1 is 1.63 bits per heavy atom. The van der Waals surface area contributed by atoms with E-state index in [4.69, 9.17) is 16.7 Å². The van der Waals surface area contributed by atoms with Gasteiger partial charge in [0.1, 0.15) is 5.82 Å². The van der Waals surface area contributed by atoms with E-state index < -0.39 is 5.97 Å². The van der Waals surface area contributed by atoms with Crippen LogP contribution in [0.1, 0.15) is 29.6 Å². The van der Waals surface area contributed by atoms with E-state index in [9.17, 15) is 4.79 Å². The number of hydrogen-bond donors (Lipinski definition) is 2. The lowest BCUT2D eigenvalue weighted by Gasteiger charge is -2.32. The van der Waals surface area contributed by atoms with Gasteiger partial charge in [-0.1, -0.05) is 18.0 Å². The van der Waals surface area contributed by atoms with Crippen LogP contribution in [0.15, 0.2) is 12.3 Å². The minimum atomic E-state index is -1.02. The summed E-state index contributed by atoms with van der Waals surface area (Å²) in [6, 6.07) is 1.90. The highest BCUT2D eigenvalue weighted by molar-refractivity contribution is 6.33. The SMILES string of the molecule is CN1CCCCC1CNc1ncc(C(=O)O)cc1Cl. The van der Waals surface area contributed by atoms with Crippen LogP contribution in [0.4, 0.5) is 5.82 Å². The number of carbonyl (C=O) groups is 1. The van der Waals surface area contributed by atoms with Crippen molar-refractivity contribution < 1.29 is 9.90 Å². The molecule has 0 aromatic carbocycles. The van der Waals surface area contributed by atoms with Crippen LogP contribution in [0.25, 0.3) is 0 Å². The average Bonchev–Trinajstić information content (AvgIpc) is 2.39. The van der Waals surface area contributed by atoms with E-state index in [0.29, 0.717) is 16.9 Å². The van der Waals surface area contributed by atoms with E-state index in [1.807, 2.05) is 0 Å². The minimum Gasteiger partial charge on any atom is -0.478 e. The quantitative estimate of drug-likeness (QED) is 0.888. The Morgan fingerprint density at radius 3 is 3.05 bits per heavy atom. The zero-order chi connectivity index (χ0) is 13.8. The summed E-state index contributed by atoms with van der Waals surface area (Å²) in [6.45, 7) is 1.89. The molecule has 5 nitrogen and oxygen atoms in total. The number of halogens is 1. The van der Waals surface area contributed by atoms with Crippen LogP contribution in [0.5, 0.6) is 0 Å². The molecule has 1 saturated heterocycles. The molecule has 1 fully saturated rings. The normalized spacial score (nSPS) is 20.2. The van der Waals surface area contributed by atoms with E-state index in [2.05, 4.69) is 22.2 Å². The Balaban J connectivity index is 1.97. The van der Waals surface area contributed by atoms with Crippen molar-refractivity contribution in [2.24, 2.45) is 0 Å². The highest BCUT2D eigenvalue weighted by Gasteiger charge is 2.19. The summed E-state index contributed by atoms with van der Waals surface area (Å²) in [5, 5.41) is 12.4. The molecule has 1 atom stereocenters. The van der Waals surface area contributed by atoms with Crippen molar-refractivity contribution in [1.29, 1.82) is 0 Å². The summed E-state index contributed by atoms with van der Waals surface area (Å²) in [6.07, 6.45) is 4.98. The van der Waals surface area contributed by atoms with Crippen LogP contribution in [0, 0.1) is 0 Å². The van der Waals surface area contributed by atoms with E-state index in [1.54, 1.807) is 0 Å². The number of aromatic nitrogens is 1. The number of hydrogen-bond acceptors (Lipinski definition) is 4. The fourth-order valence-electron chi connectivity index (χ4n) is 2.30. The fraction of sp³-hybridized carbons (Fsp3) is 0.538. The van der Waals surface area contributed by atoms with Crippen molar-refractivity contribution in [2.75, 3.05) is 25.5 Å². The number of rotatable bonds is 4. The molecule has 1 aromatic heterocycles. The number of carboxylic acids is 1. The molecule has 1 aliphatic heterocycles. The Hall–Kier alpha value is -1.33. The Kier molecular flexibility index (Phi) is 4.61. The standard InChI is InChI=1S/C13H18ClN3O2/c1-17-5-3-2-4-10(17)8-16-12-11(14)6-9(7-15-12)13(18)19/h6-7,10H,2-5,8H2,1H3,(H,15,16)(H,18,19). The van der Waals surface area contributed by atoms with Crippen molar-refractivity contribution in [1.82, 2.24) is 9.88 Å². The minimum absolute atomic E-state index is 0.102. The number of aromatic carboxylic acids is 1. The van der Waals surface area contributed by atoms with Gasteiger partial charge < -0.3 is 15.3 Å². The molecule has 0 saturated carbocycles. The molecule has 0 amide bonds. The van der Waals surface area contributed by atoms with Crippen LogP contribution in [0.2, 0.25) is 5.02 Å². The molecule has 19 heavy (non-hydrogen) atoms. The second kappa shape index (κ2) is 6.21. The molecule has 2 rings (SSSR count). The molecule has 0 bridgehead atoms. The van der Waals surface area contributed by atoms with Crippen molar-refractivity contribution in [3.63, 3.8) is 0 Å². The molecule has 0 radical (unpaired) electrons. The molecule has 0 aliphatic carbocycles. The van der Waals surface area contributed by atoms with Crippen molar-refractivity contribution >= 4 is 23.4 Å². The predicted octanol–water partition coefficient (Wildman–Crippen LogP) is 2.33. The van der Waals surface area contributed by atoms with E-state index in [0.717, 1.165) is 19.5 Å². The van der Waals surface area contributed by atoms with Gasteiger partial charge in [0, 0.05) is 18.8 Å². The Labute approximate surface area is 117 Å². The first-order valence-electron chi connectivity index (χ1n) is 6.41. The maximum atomic E-state index is 10.8. The summed E-state index contributed by atoms with van der Waals surface area (Å²) >= 11 is 6.03. The molecule has 1 aromatic rings. The zero-order valence-electron chi connectivity index (χ0n) is 10.9.